The van der Waals surface area contributed by atoms with Crippen molar-refractivity contribution >= 4 is 23.2 Å². The van der Waals surface area contributed by atoms with E-state index in [1.165, 1.54) is 0 Å². The fourth-order valence-electron chi connectivity index (χ4n) is 2.31. The minimum Gasteiger partial charge on any atom is -0.450 e. The number of hydrogen-bond acceptors (Lipinski definition) is 4. The van der Waals surface area contributed by atoms with Gasteiger partial charge in [-0.15, -0.1) is 0 Å². The normalized spacial score (nSPS) is 14.5. The Labute approximate surface area is 114 Å². The van der Waals surface area contributed by atoms with Crippen LogP contribution in [0.4, 0.5) is 4.79 Å². The molecule has 7 heteroatoms. The van der Waals surface area contributed by atoms with Crippen LogP contribution in [0.15, 0.2) is 12.4 Å². The largest absolute Gasteiger partial charge is 0.450 e. The lowest BCUT2D eigenvalue weighted by Gasteiger charge is -2.25. The summed E-state index contributed by atoms with van der Waals surface area (Å²) in [5, 5.41) is 4.87. The summed E-state index contributed by atoms with van der Waals surface area (Å²) >= 11 is 6.12. The van der Waals surface area contributed by atoms with Crippen molar-refractivity contribution in [1.82, 2.24) is 19.5 Å². The van der Waals surface area contributed by atoms with Gasteiger partial charge in [0.1, 0.15) is 5.52 Å². The standard InChI is InChI=1S/C12H13ClN4O2/c1-2-19-12(18)16-5-3-9-8(7-16)10-11(13)14-4-6-17(10)15-9/h4,6H,2-3,5,7H2,1H3. The minimum absolute atomic E-state index is 0.299. The van der Waals surface area contributed by atoms with Gasteiger partial charge in [-0.1, -0.05) is 11.6 Å². The predicted molar refractivity (Wildman–Crippen MR) is 69.1 cm³/mol. The van der Waals surface area contributed by atoms with E-state index in [0.29, 0.717) is 31.3 Å². The van der Waals surface area contributed by atoms with Crippen LogP contribution >= 0.6 is 11.6 Å². The number of halogens is 1. The maximum atomic E-state index is 11.8. The van der Waals surface area contributed by atoms with E-state index >= 15 is 0 Å². The van der Waals surface area contributed by atoms with Crippen LogP contribution < -0.4 is 0 Å². The van der Waals surface area contributed by atoms with Crippen molar-refractivity contribution in [1.29, 1.82) is 0 Å². The molecule has 0 spiro atoms. The van der Waals surface area contributed by atoms with E-state index < -0.39 is 0 Å². The Morgan fingerprint density at radius 3 is 3.21 bits per heavy atom. The minimum atomic E-state index is -0.299. The Balaban J connectivity index is 1.99. The molecule has 2 aromatic heterocycles. The Bertz CT molecular complexity index is 640. The molecule has 6 nitrogen and oxygen atoms in total. The number of fused-ring (bicyclic) bond motifs is 3. The second kappa shape index (κ2) is 4.70. The van der Waals surface area contributed by atoms with E-state index in [1.54, 1.807) is 28.7 Å². The van der Waals surface area contributed by atoms with Crippen LogP contribution in [0.5, 0.6) is 0 Å². The van der Waals surface area contributed by atoms with E-state index in [0.717, 1.165) is 16.8 Å². The van der Waals surface area contributed by atoms with Gasteiger partial charge in [0, 0.05) is 30.9 Å². The lowest BCUT2D eigenvalue weighted by atomic mass is 10.1. The van der Waals surface area contributed by atoms with Crippen molar-refractivity contribution in [3.63, 3.8) is 0 Å². The highest BCUT2D eigenvalue weighted by atomic mass is 35.5. The highest BCUT2D eigenvalue weighted by molar-refractivity contribution is 6.32. The van der Waals surface area contributed by atoms with Crippen LogP contribution in [0.25, 0.3) is 5.52 Å². The summed E-state index contributed by atoms with van der Waals surface area (Å²) in [7, 11) is 0. The van der Waals surface area contributed by atoms with Crippen LogP contribution in [0, 0.1) is 0 Å². The second-order valence-electron chi connectivity index (χ2n) is 4.31. The second-order valence-corrected chi connectivity index (χ2v) is 4.66. The molecular formula is C12H13ClN4O2. The molecule has 0 bridgehead atoms. The average molecular weight is 281 g/mol. The van der Waals surface area contributed by atoms with E-state index in [-0.39, 0.29) is 6.09 Å². The molecule has 100 valence electrons. The molecule has 3 heterocycles. The number of aromatic nitrogens is 3. The molecule has 1 amide bonds. The zero-order valence-corrected chi connectivity index (χ0v) is 11.2. The van der Waals surface area contributed by atoms with E-state index in [2.05, 4.69) is 10.1 Å². The molecule has 0 unspecified atom stereocenters. The Hall–Kier alpha value is -1.82. The monoisotopic (exact) mass is 280 g/mol. The summed E-state index contributed by atoms with van der Waals surface area (Å²) in [6.07, 6.45) is 3.77. The third kappa shape index (κ3) is 2.02. The first-order valence-electron chi connectivity index (χ1n) is 6.13. The quantitative estimate of drug-likeness (QED) is 0.800. The fourth-order valence-corrected chi connectivity index (χ4v) is 2.57. The Kier molecular flexibility index (Phi) is 3.02. The van der Waals surface area contributed by atoms with Crippen molar-refractivity contribution in [2.75, 3.05) is 13.2 Å². The van der Waals surface area contributed by atoms with Crippen molar-refractivity contribution in [3.05, 3.63) is 28.8 Å². The van der Waals surface area contributed by atoms with Crippen molar-refractivity contribution in [3.8, 4) is 0 Å². The van der Waals surface area contributed by atoms with E-state index in [9.17, 15) is 4.79 Å². The summed E-state index contributed by atoms with van der Waals surface area (Å²) in [4.78, 5) is 17.5. The molecule has 2 aromatic rings. The molecule has 0 saturated carbocycles. The van der Waals surface area contributed by atoms with Gasteiger partial charge in [0.15, 0.2) is 5.15 Å². The van der Waals surface area contributed by atoms with Crippen molar-refractivity contribution in [2.45, 2.75) is 19.9 Å². The lowest BCUT2D eigenvalue weighted by molar-refractivity contribution is 0.103. The Morgan fingerprint density at radius 1 is 1.58 bits per heavy atom. The third-order valence-corrected chi connectivity index (χ3v) is 3.45. The Morgan fingerprint density at radius 2 is 2.42 bits per heavy atom. The zero-order valence-electron chi connectivity index (χ0n) is 10.5. The first kappa shape index (κ1) is 12.2. The van der Waals surface area contributed by atoms with Gasteiger partial charge in [-0.3, -0.25) is 0 Å². The van der Waals surface area contributed by atoms with Crippen molar-refractivity contribution in [2.24, 2.45) is 0 Å². The highest BCUT2D eigenvalue weighted by Crippen LogP contribution is 2.27. The average Bonchev–Trinajstić information content (AvgIpc) is 2.77. The molecule has 3 rings (SSSR count). The van der Waals surface area contributed by atoms with Crippen LogP contribution in [-0.4, -0.2) is 38.7 Å². The molecule has 0 N–H and O–H groups in total. The number of rotatable bonds is 1. The van der Waals surface area contributed by atoms with Gasteiger partial charge in [-0.05, 0) is 6.92 Å². The van der Waals surface area contributed by atoms with Gasteiger partial charge in [-0.25, -0.2) is 14.3 Å². The summed E-state index contributed by atoms with van der Waals surface area (Å²) in [6, 6.07) is 0. The predicted octanol–water partition coefficient (Wildman–Crippen LogP) is 1.90. The first-order chi connectivity index (χ1) is 9.20. The van der Waals surface area contributed by atoms with Crippen LogP contribution in [0.1, 0.15) is 18.2 Å². The molecule has 19 heavy (non-hydrogen) atoms. The molecule has 1 aliphatic rings. The topological polar surface area (TPSA) is 59.7 Å². The maximum absolute atomic E-state index is 11.8. The number of amides is 1. The van der Waals surface area contributed by atoms with Crippen LogP contribution in [0.2, 0.25) is 5.15 Å². The highest BCUT2D eigenvalue weighted by Gasteiger charge is 2.26. The van der Waals surface area contributed by atoms with E-state index in [4.69, 9.17) is 16.3 Å². The zero-order chi connectivity index (χ0) is 13.4. The van der Waals surface area contributed by atoms with Gasteiger partial charge in [-0.2, -0.15) is 5.10 Å². The lowest BCUT2D eigenvalue weighted by Crippen LogP contribution is -2.36. The van der Waals surface area contributed by atoms with Gasteiger partial charge in [0.2, 0.25) is 0 Å². The molecule has 0 saturated heterocycles. The molecule has 0 fully saturated rings. The molecule has 0 atom stereocenters. The number of nitrogens with zero attached hydrogens (tertiary/aromatic N) is 4. The molecule has 1 aliphatic heterocycles. The number of ether oxygens (including phenoxy) is 1. The van der Waals surface area contributed by atoms with Gasteiger partial charge < -0.3 is 9.64 Å². The molecule has 0 radical (unpaired) electrons. The molecule has 0 aromatic carbocycles. The smallest absolute Gasteiger partial charge is 0.410 e. The van der Waals surface area contributed by atoms with Gasteiger partial charge in [0.05, 0.1) is 18.8 Å². The van der Waals surface area contributed by atoms with Crippen LogP contribution in [0.3, 0.4) is 0 Å². The number of hydrogen-bond donors (Lipinski definition) is 0. The third-order valence-electron chi connectivity index (χ3n) is 3.18. The van der Waals surface area contributed by atoms with Gasteiger partial charge >= 0.3 is 6.09 Å². The molecule has 0 aliphatic carbocycles. The SMILES string of the molecule is CCOC(=O)N1CCc2nn3ccnc(Cl)c3c2C1. The maximum Gasteiger partial charge on any atom is 0.410 e. The molecular weight excluding hydrogens is 268 g/mol. The van der Waals surface area contributed by atoms with Gasteiger partial charge in [0.25, 0.3) is 0 Å². The summed E-state index contributed by atoms with van der Waals surface area (Å²) < 4.78 is 6.74. The van der Waals surface area contributed by atoms with Crippen LogP contribution in [-0.2, 0) is 17.7 Å². The fraction of sp³-hybridized carbons (Fsp3) is 0.417. The van der Waals surface area contributed by atoms with E-state index in [1.807, 2.05) is 0 Å². The summed E-state index contributed by atoms with van der Waals surface area (Å²) in [5.41, 5.74) is 2.70. The summed E-state index contributed by atoms with van der Waals surface area (Å²) in [5.74, 6) is 0. The number of carbonyl (C=O) groups is 1. The first-order valence-corrected chi connectivity index (χ1v) is 6.50. The van der Waals surface area contributed by atoms with Crippen molar-refractivity contribution < 1.29 is 9.53 Å². The summed E-state index contributed by atoms with van der Waals surface area (Å²) in [6.45, 7) is 3.24. The number of carbonyl (C=O) groups excluding carboxylic acids is 1.